The second-order valence-corrected chi connectivity index (χ2v) is 4.97. The summed E-state index contributed by atoms with van der Waals surface area (Å²) in [5.41, 5.74) is 6.20. The van der Waals surface area contributed by atoms with Gasteiger partial charge in [-0.05, 0) is 18.9 Å². The van der Waals surface area contributed by atoms with E-state index in [1.807, 2.05) is 0 Å². The first kappa shape index (κ1) is 11.8. The van der Waals surface area contributed by atoms with Gasteiger partial charge in [0.05, 0.1) is 5.02 Å². The molecular weight excluding hydrogens is 227 g/mol. The van der Waals surface area contributed by atoms with Gasteiger partial charge in [0, 0.05) is 23.7 Å². The average Bonchev–Trinajstić information content (AvgIpc) is 2.33. The van der Waals surface area contributed by atoms with Crippen molar-refractivity contribution in [2.45, 2.75) is 37.5 Å². The molecule has 1 aromatic rings. The van der Waals surface area contributed by atoms with E-state index in [2.05, 4.69) is 4.98 Å². The van der Waals surface area contributed by atoms with Gasteiger partial charge in [0.1, 0.15) is 0 Å². The summed E-state index contributed by atoms with van der Waals surface area (Å²) in [5.74, 6) is -0.420. The normalized spacial score (nSPS) is 19.7. The molecule has 0 unspecified atom stereocenters. The van der Waals surface area contributed by atoms with Crippen LogP contribution in [0, 0.1) is 5.95 Å². The van der Waals surface area contributed by atoms with E-state index in [0.717, 1.165) is 25.7 Å². The van der Waals surface area contributed by atoms with Gasteiger partial charge >= 0.3 is 0 Å². The topological polar surface area (TPSA) is 38.9 Å². The van der Waals surface area contributed by atoms with Crippen molar-refractivity contribution in [1.82, 2.24) is 4.98 Å². The number of pyridine rings is 1. The number of hydrogen-bond acceptors (Lipinski definition) is 2. The maximum absolute atomic E-state index is 13.8. The second kappa shape index (κ2) is 4.68. The Bertz CT molecular complexity index is 375. The van der Waals surface area contributed by atoms with Gasteiger partial charge in [0.2, 0.25) is 5.95 Å². The summed E-state index contributed by atoms with van der Waals surface area (Å²) >= 11 is 5.89. The lowest BCUT2D eigenvalue weighted by Gasteiger charge is -2.36. The van der Waals surface area contributed by atoms with E-state index in [0.29, 0.717) is 17.1 Å². The van der Waals surface area contributed by atoms with Crippen LogP contribution in [0.5, 0.6) is 0 Å². The number of halogens is 2. The highest BCUT2D eigenvalue weighted by Crippen LogP contribution is 2.39. The van der Waals surface area contributed by atoms with Crippen molar-refractivity contribution in [2.75, 3.05) is 6.54 Å². The van der Waals surface area contributed by atoms with E-state index < -0.39 is 5.95 Å². The Balaban J connectivity index is 2.42. The van der Waals surface area contributed by atoms with E-state index in [-0.39, 0.29) is 5.41 Å². The van der Waals surface area contributed by atoms with Crippen LogP contribution in [-0.4, -0.2) is 11.5 Å². The number of nitrogens with zero attached hydrogens (tertiary/aromatic N) is 1. The Morgan fingerprint density at radius 1 is 1.38 bits per heavy atom. The fraction of sp³-hybridized carbons (Fsp3) is 0.583. The Kier molecular flexibility index (Phi) is 3.45. The van der Waals surface area contributed by atoms with Crippen LogP contribution in [0.1, 0.15) is 37.7 Å². The lowest BCUT2D eigenvalue weighted by Crippen LogP contribution is -2.38. The van der Waals surface area contributed by atoms with Crippen molar-refractivity contribution in [3.05, 3.63) is 28.8 Å². The van der Waals surface area contributed by atoms with E-state index in [9.17, 15) is 4.39 Å². The van der Waals surface area contributed by atoms with Crippen LogP contribution in [0.3, 0.4) is 0 Å². The van der Waals surface area contributed by atoms with E-state index in [1.54, 1.807) is 6.07 Å². The Morgan fingerprint density at radius 3 is 2.69 bits per heavy atom. The molecule has 1 aromatic heterocycles. The van der Waals surface area contributed by atoms with Crippen molar-refractivity contribution < 1.29 is 4.39 Å². The third-order valence-electron chi connectivity index (χ3n) is 3.58. The molecule has 0 spiro atoms. The zero-order chi connectivity index (χ0) is 11.6. The minimum Gasteiger partial charge on any atom is -0.330 e. The zero-order valence-corrected chi connectivity index (χ0v) is 9.93. The fourth-order valence-corrected chi connectivity index (χ4v) is 2.76. The molecule has 2 N–H and O–H groups in total. The lowest BCUT2D eigenvalue weighted by molar-refractivity contribution is 0.289. The first-order valence-corrected chi connectivity index (χ1v) is 6.07. The van der Waals surface area contributed by atoms with Gasteiger partial charge in [-0.3, -0.25) is 0 Å². The molecule has 4 heteroatoms. The fourth-order valence-electron chi connectivity index (χ4n) is 2.61. The van der Waals surface area contributed by atoms with Gasteiger partial charge in [-0.25, -0.2) is 4.98 Å². The van der Waals surface area contributed by atoms with Crippen LogP contribution in [0.25, 0.3) is 0 Å². The highest BCUT2D eigenvalue weighted by molar-refractivity contribution is 6.30. The molecule has 2 rings (SSSR count). The molecule has 1 aliphatic carbocycles. The van der Waals surface area contributed by atoms with Crippen LogP contribution in [0.2, 0.25) is 5.02 Å². The number of nitrogens with two attached hydrogens (primary N) is 1. The number of aromatic nitrogens is 1. The van der Waals surface area contributed by atoms with Crippen molar-refractivity contribution >= 4 is 11.6 Å². The summed E-state index contributed by atoms with van der Waals surface area (Å²) in [5, 5.41) is 0.481. The van der Waals surface area contributed by atoms with E-state index >= 15 is 0 Å². The number of rotatable bonds is 2. The van der Waals surface area contributed by atoms with Crippen molar-refractivity contribution in [1.29, 1.82) is 0 Å². The Hall–Kier alpha value is -0.670. The summed E-state index contributed by atoms with van der Waals surface area (Å²) in [6.07, 6.45) is 6.61. The molecule has 1 aliphatic rings. The minimum atomic E-state index is -0.420. The molecule has 1 saturated carbocycles. The summed E-state index contributed by atoms with van der Waals surface area (Å²) in [7, 11) is 0. The maximum Gasteiger partial charge on any atom is 0.216 e. The van der Waals surface area contributed by atoms with Crippen LogP contribution in [0.4, 0.5) is 4.39 Å². The van der Waals surface area contributed by atoms with Crippen LogP contribution in [0.15, 0.2) is 12.3 Å². The van der Waals surface area contributed by atoms with Gasteiger partial charge in [-0.2, -0.15) is 4.39 Å². The van der Waals surface area contributed by atoms with Crippen molar-refractivity contribution in [3.8, 4) is 0 Å². The third-order valence-corrected chi connectivity index (χ3v) is 3.79. The molecule has 88 valence electrons. The van der Waals surface area contributed by atoms with Gasteiger partial charge < -0.3 is 5.73 Å². The summed E-state index contributed by atoms with van der Waals surface area (Å²) < 4.78 is 13.8. The molecule has 1 fully saturated rings. The van der Waals surface area contributed by atoms with Gasteiger partial charge in [0.25, 0.3) is 0 Å². The summed E-state index contributed by atoms with van der Waals surface area (Å²) in [4.78, 5) is 3.69. The summed E-state index contributed by atoms with van der Waals surface area (Å²) in [6.45, 7) is 0.464. The Labute approximate surface area is 100 Å². The predicted molar refractivity (Wildman–Crippen MR) is 63.0 cm³/mol. The van der Waals surface area contributed by atoms with Crippen molar-refractivity contribution in [3.63, 3.8) is 0 Å². The van der Waals surface area contributed by atoms with E-state index in [4.69, 9.17) is 17.3 Å². The van der Waals surface area contributed by atoms with Gasteiger partial charge in [-0.1, -0.05) is 30.9 Å². The molecule has 0 aromatic carbocycles. The highest BCUT2D eigenvalue weighted by Gasteiger charge is 2.35. The van der Waals surface area contributed by atoms with Gasteiger partial charge in [0.15, 0.2) is 0 Å². The average molecular weight is 243 g/mol. The van der Waals surface area contributed by atoms with Crippen LogP contribution < -0.4 is 5.73 Å². The molecule has 2 nitrogen and oxygen atoms in total. The standard InChI is InChI=1S/C12H16ClFN2/c13-9-6-10(11(14)16-7-9)12(8-15)4-2-1-3-5-12/h6-7H,1-5,8,15H2. The van der Waals surface area contributed by atoms with E-state index in [1.165, 1.54) is 12.6 Å². The largest absolute Gasteiger partial charge is 0.330 e. The molecule has 1 heterocycles. The monoisotopic (exact) mass is 242 g/mol. The molecule has 0 aliphatic heterocycles. The minimum absolute atomic E-state index is 0.250. The molecule has 0 bridgehead atoms. The SMILES string of the molecule is NCC1(c2cc(Cl)cnc2F)CCCCC1. The number of hydrogen-bond donors (Lipinski definition) is 1. The van der Waals surface area contributed by atoms with Crippen LogP contribution in [-0.2, 0) is 5.41 Å². The maximum atomic E-state index is 13.8. The zero-order valence-electron chi connectivity index (χ0n) is 9.18. The van der Waals surface area contributed by atoms with Crippen molar-refractivity contribution in [2.24, 2.45) is 5.73 Å². The summed E-state index contributed by atoms with van der Waals surface area (Å²) in [6, 6.07) is 1.68. The molecule has 0 amide bonds. The quantitative estimate of drug-likeness (QED) is 0.810. The predicted octanol–water partition coefficient (Wildman–Crippen LogP) is 3.03. The third kappa shape index (κ3) is 2.06. The smallest absolute Gasteiger partial charge is 0.216 e. The van der Waals surface area contributed by atoms with Crippen LogP contribution >= 0.6 is 11.6 Å². The molecule has 0 radical (unpaired) electrons. The van der Waals surface area contributed by atoms with Gasteiger partial charge in [-0.15, -0.1) is 0 Å². The molecule has 0 atom stereocenters. The first-order chi connectivity index (χ1) is 7.68. The lowest BCUT2D eigenvalue weighted by atomic mass is 9.70. The molecule has 16 heavy (non-hydrogen) atoms. The second-order valence-electron chi connectivity index (χ2n) is 4.54. The first-order valence-electron chi connectivity index (χ1n) is 5.69. The molecular formula is C12H16ClFN2. The Morgan fingerprint density at radius 2 is 2.06 bits per heavy atom. The highest BCUT2D eigenvalue weighted by atomic mass is 35.5. The molecule has 0 saturated heterocycles.